The van der Waals surface area contributed by atoms with Crippen LogP contribution >= 0.6 is 15.9 Å². The van der Waals surface area contributed by atoms with Crippen LogP contribution in [0.4, 0.5) is 5.69 Å². The largest absolute Gasteiger partial charge is 0.495 e. The predicted octanol–water partition coefficient (Wildman–Crippen LogP) is 3.69. The molecule has 0 radical (unpaired) electrons. The number of rotatable bonds is 2. The number of fused-ring (bicyclic) bond motifs is 1. The van der Waals surface area contributed by atoms with E-state index in [0.29, 0.717) is 0 Å². The van der Waals surface area contributed by atoms with Gasteiger partial charge in [-0.3, -0.25) is 4.57 Å². The van der Waals surface area contributed by atoms with E-state index in [1.54, 1.807) is 7.11 Å². The van der Waals surface area contributed by atoms with Crippen LogP contribution in [-0.4, -0.2) is 16.7 Å². The highest BCUT2D eigenvalue weighted by Gasteiger charge is 2.11. The van der Waals surface area contributed by atoms with Gasteiger partial charge in [-0.2, -0.15) is 0 Å². The summed E-state index contributed by atoms with van der Waals surface area (Å²) >= 11 is 3.47. The van der Waals surface area contributed by atoms with Gasteiger partial charge in [0.05, 0.1) is 28.3 Å². The number of nitrogen functional groups attached to an aromatic ring is 1. The SMILES string of the molecule is COc1cc(-n2c(C)nc3cc(N)ccc32)ccc1Br. The summed E-state index contributed by atoms with van der Waals surface area (Å²) in [5.74, 6) is 1.70. The molecule has 0 aliphatic carbocycles. The third-order valence-corrected chi connectivity index (χ3v) is 3.89. The molecule has 3 rings (SSSR count). The van der Waals surface area contributed by atoms with E-state index in [1.807, 2.05) is 43.3 Å². The molecule has 0 amide bonds. The number of hydrogen-bond acceptors (Lipinski definition) is 3. The van der Waals surface area contributed by atoms with Crippen LogP contribution in [0.2, 0.25) is 0 Å². The van der Waals surface area contributed by atoms with Crippen LogP contribution in [0.25, 0.3) is 16.7 Å². The second-order valence-electron chi connectivity index (χ2n) is 4.56. The zero-order valence-electron chi connectivity index (χ0n) is 11.2. The van der Waals surface area contributed by atoms with E-state index in [1.165, 1.54) is 0 Å². The van der Waals surface area contributed by atoms with Gasteiger partial charge in [0.2, 0.25) is 0 Å². The number of anilines is 1. The summed E-state index contributed by atoms with van der Waals surface area (Å²) in [6, 6.07) is 11.7. The predicted molar refractivity (Wildman–Crippen MR) is 84.5 cm³/mol. The Kier molecular flexibility index (Phi) is 3.14. The van der Waals surface area contributed by atoms with Gasteiger partial charge in [0, 0.05) is 11.8 Å². The number of aryl methyl sites for hydroxylation is 1. The number of imidazole rings is 1. The highest BCUT2D eigenvalue weighted by molar-refractivity contribution is 9.10. The van der Waals surface area contributed by atoms with Crippen molar-refractivity contribution in [2.75, 3.05) is 12.8 Å². The number of halogens is 1. The van der Waals surface area contributed by atoms with E-state index < -0.39 is 0 Å². The monoisotopic (exact) mass is 331 g/mol. The first-order valence-corrected chi connectivity index (χ1v) is 6.98. The molecule has 5 heteroatoms. The van der Waals surface area contributed by atoms with E-state index in [0.717, 1.165) is 38.5 Å². The Labute approximate surface area is 125 Å². The summed E-state index contributed by atoms with van der Waals surface area (Å²) in [5, 5.41) is 0. The second kappa shape index (κ2) is 4.83. The van der Waals surface area contributed by atoms with Gasteiger partial charge in [-0.05, 0) is 53.2 Å². The highest BCUT2D eigenvalue weighted by atomic mass is 79.9. The van der Waals surface area contributed by atoms with Crippen LogP contribution in [0.3, 0.4) is 0 Å². The minimum absolute atomic E-state index is 0.718. The smallest absolute Gasteiger partial charge is 0.135 e. The van der Waals surface area contributed by atoms with E-state index in [9.17, 15) is 0 Å². The maximum atomic E-state index is 5.81. The first-order chi connectivity index (χ1) is 9.60. The Hall–Kier alpha value is -2.01. The fraction of sp³-hybridized carbons (Fsp3) is 0.133. The normalized spacial score (nSPS) is 10.9. The van der Waals surface area contributed by atoms with Crippen LogP contribution in [0, 0.1) is 6.92 Å². The molecule has 0 aliphatic heterocycles. The van der Waals surface area contributed by atoms with Crippen molar-refractivity contribution in [3.05, 3.63) is 46.7 Å². The fourth-order valence-electron chi connectivity index (χ4n) is 2.33. The molecule has 20 heavy (non-hydrogen) atoms. The molecule has 0 fully saturated rings. The van der Waals surface area contributed by atoms with Gasteiger partial charge in [0.1, 0.15) is 11.6 Å². The van der Waals surface area contributed by atoms with Crippen molar-refractivity contribution >= 4 is 32.7 Å². The lowest BCUT2D eigenvalue weighted by atomic mass is 10.2. The first-order valence-electron chi connectivity index (χ1n) is 6.18. The highest BCUT2D eigenvalue weighted by Crippen LogP contribution is 2.30. The van der Waals surface area contributed by atoms with Crippen LogP contribution in [-0.2, 0) is 0 Å². The lowest BCUT2D eigenvalue weighted by Gasteiger charge is -2.10. The van der Waals surface area contributed by atoms with Crippen molar-refractivity contribution in [1.82, 2.24) is 9.55 Å². The Morgan fingerprint density at radius 2 is 2.00 bits per heavy atom. The Morgan fingerprint density at radius 3 is 2.75 bits per heavy atom. The van der Waals surface area contributed by atoms with E-state index in [4.69, 9.17) is 10.5 Å². The molecule has 4 nitrogen and oxygen atoms in total. The van der Waals surface area contributed by atoms with Gasteiger partial charge in [-0.1, -0.05) is 0 Å². The van der Waals surface area contributed by atoms with Gasteiger partial charge in [0.25, 0.3) is 0 Å². The van der Waals surface area contributed by atoms with Gasteiger partial charge in [0.15, 0.2) is 0 Å². The van der Waals surface area contributed by atoms with Gasteiger partial charge >= 0.3 is 0 Å². The number of methoxy groups -OCH3 is 1. The lowest BCUT2D eigenvalue weighted by Crippen LogP contribution is -1.98. The van der Waals surface area contributed by atoms with Crippen LogP contribution in [0.1, 0.15) is 5.82 Å². The second-order valence-corrected chi connectivity index (χ2v) is 5.42. The van der Waals surface area contributed by atoms with E-state index >= 15 is 0 Å². The molecule has 1 heterocycles. The molecule has 0 saturated heterocycles. The molecule has 3 aromatic rings. The zero-order chi connectivity index (χ0) is 14.3. The lowest BCUT2D eigenvalue weighted by molar-refractivity contribution is 0.412. The van der Waals surface area contributed by atoms with Gasteiger partial charge in [-0.25, -0.2) is 4.98 Å². The number of aromatic nitrogens is 2. The molecular formula is C15H14BrN3O. The maximum Gasteiger partial charge on any atom is 0.135 e. The first kappa shape index (κ1) is 13.0. The van der Waals surface area contributed by atoms with Crippen LogP contribution in [0.5, 0.6) is 5.75 Å². The van der Waals surface area contributed by atoms with Crippen molar-refractivity contribution in [3.8, 4) is 11.4 Å². The van der Waals surface area contributed by atoms with Crippen molar-refractivity contribution in [2.45, 2.75) is 6.92 Å². The van der Waals surface area contributed by atoms with Gasteiger partial charge in [-0.15, -0.1) is 0 Å². The van der Waals surface area contributed by atoms with Crippen molar-refractivity contribution in [1.29, 1.82) is 0 Å². The summed E-state index contributed by atoms with van der Waals surface area (Å²) in [6.45, 7) is 1.98. The summed E-state index contributed by atoms with van der Waals surface area (Å²) < 4.78 is 8.37. The molecule has 0 saturated carbocycles. The number of benzene rings is 2. The number of ether oxygens (including phenoxy) is 1. The zero-order valence-corrected chi connectivity index (χ0v) is 12.8. The molecule has 0 spiro atoms. The van der Waals surface area contributed by atoms with Crippen molar-refractivity contribution in [2.24, 2.45) is 0 Å². The molecule has 0 aliphatic rings. The van der Waals surface area contributed by atoms with Crippen LogP contribution in [0.15, 0.2) is 40.9 Å². The Bertz CT molecular complexity index is 795. The molecule has 2 aromatic carbocycles. The minimum atomic E-state index is 0.718. The number of hydrogen-bond donors (Lipinski definition) is 1. The summed E-state index contributed by atoms with van der Waals surface area (Å²) in [5.41, 5.74) is 9.46. The maximum absolute atomic E-state index is 5.81. The molecule has 0 bridgehead atoms. The quantitative estimate of drug-likeness (QED) is 0.728. The molecule has 0 atom stereocenters. The molecule has 2 N–H and O–H groups in total. The van der Waals surface area contributed by atoms with Crippen molar-refractivity contribution < 1.29 is 4.74 Å². The molecular weight excluding hydrogens is 318 g/mol. The molecule has 102 valence electrons. The average Bonchev–Trinajstić information content (AvgIpc) is 2.74. The topological polar surface area (TPSA) is 53.1 Å². The van der Waals surface area contributed by atoms with Crippen molar-refractivity contribution in [3.63, 3.8) is 0 Å². The third kappa shape index (κ3) is 2.04. The van der Waals surface area contributed by atoms with E-state index in [2.05, 4.69) is 25.5 Å². The number of nitrogens with zero attached hydrogens (tertiary/aromatic N) is 2. The Morgan fingerprint density at radius 1 is 1.20 bits per heavy atom. The molecule has 1 aromatic heterocycles. The Balaban J connectivity index is 2.26. The summed E-state index contributed by atoms with van der Waals surface area (Å²) in [6.07, 6.45) is 0. The average molecular weight is 332 g/mol. The van der Waals surface area contributed by atoms with Gasteiger partial charge < -0.3 is 10.5 Å². The number of nitrogens with two attached hydrogens (primary N) is 1. The fourth-order valence-corrected chi connectivity index (χ4v) is 2.74. The third-order valence-electron chi connectivity index (χ3n) is 3.24. The molecule has 0 unspecified atom stereocenters. The summed E-state index contributed by atoms with van der Waals surface area (Å²) in [7, 11) is 1.66. The van der Waals surface area contributed by atoms with E-state index in [-0.39, 0.29) is 0 Å². The summed E-state index contributed by atoms with van der Waals surface area (Å²) in [4.78, 5) is 4.56. The standard InChI is InChI=1S/C15H14BrN3O/c1-9-18-13-7-10(17)3-6-14(13)19(9)11-4-5-12(16)15(8-11)20-2/h3-8H,17H2,1-2H3. The minimum Gasteiger partial charge on any atom is -0.495 e. The van der Waals surface area contributed by atoms with Crippen LogP contribution < -0.4 is 10.5 Å².